The van der Waals surface area contributed by atoms with E-state index in [1.807, 2.05) is 22.7 Å². The predicted octanol–water partition coefficient (Wildman–Crippen LogP) is 2.11. The summed E-state index contributed by atoms with van der Waals surface area (Å²) in [6, 6.07) is 4.42. The van der Waals surface area contributed by atoms with Gasteiger partial charge in [0.05, 0.1) is 25.0 Å². The number of hydrogen-bond acceptors (Lipinski definition) is 3. The predicted molar refractivity (Wildman–Crippen MR) is 66.3 cm³/mol. The molecule has 2 aromatic rings. The number of aromatic nitrogens is 2. The van der Waals surface area contributed by atoms with E-state index >= 15 is 0 Å². The summed E-state index contributed by atoms with van der Waals surface area (Å²) in [6.07, 6.45) is 6.56. The molecule has 0 aromatic carbocycles. The molecule has 90 valence electrons. The average molecular weight is 231 g/mol. The number of methoxy groups -OCH3 is 1. The summed E-state index contributed by atoms with van der Waals surface area (Å²) in [4.78, 5) is 7.06. The van der Waals surface area contributed by atoms with Gasteiger partial charge in [-0.05, 0) is 38.6 Å². The van der Waals surface area contributed by atoms with Gasteiger partial charge in [-0.2, -0.15) is 0 Å². The summed E-state index contributed by atoms with van der Waals surface area (Å²) in [5.41, 5.74) is 2.15. The number of ether oxygens (including phenoxy) is 1. The van der Waals surface area contributed by atoms with E-state index in [1.165, 1.54) is 25.1 Å². The van der Waals surface area contributed by atoms with Crippen LogP contribution in [0, 0.1) is 0 Å². The van der Waals surface area contributed by atoms with Crippen LogP contribution in [-0.4, -0.2) is 35.0 Å². The molecule has 0 bridgehead atoms. The molecule has 4 heteroatoms. The highest BCUT2D eigenvalue weighted by Crippen LogP contribution is 2.30. The van der Waals surface area contributed by atoms with E-state index in [9.17, 15) is 0 Å². The molecule has 4 nitrogen and oxygen atoms in total. The van der Waals surface area contributed by atoms with Crippen molar-refractivity contribution in [2.45, 2.75) is 18.9 Å². The smallest absolute Gasteiger partial charge is 0.137 e. The zero-order valence-corrected chi connectivity index (χ0v) is 10.3. The summed E-state index contributed by atoms with van der Waals surface area (Å²) in [7, 11) is 3.85. The van der Waals surface area contributed by atoms with Gasteiger partial charge in [0.15, 0.2) is 0 Å². The maximum atomic E-state index is 5.22. The largest absolute Gasteiger partial charge is 0.495 e. The van der Waals surface area contributed by atoms with Gasteiger partial charge in [-0.3, -0.25) is 4.90 Å². The molecule has 0 spiro atoms. The van der Waals surface area contributed by atoms with Crippen LogP contribution in [-0.2, 0) is 0 Å². The molecule has 2 aromatic heterocycles. The summed E-state index contributed by atoms with van der Waals surface area (Å²) < 4.78 is 7.26. The van der Waals surface area contributed by atoms with Crippen LogP contribution in [0.15, 0.2) is 24.5 Å². The van der Waals surface area contributed by atoms with Crippen molar-refractivity contribution >= 4 is 5.65 Å². The highest BCUT2D eigenvalue weighted by Gasteiger charge is 2.24. The van der Waals surface area contributed by atoms with Crippen molar-refractivity contribution in [3.05, 3.63) is 30.2 Å². The number of fused-ring (bicyclic) bond motifs is 1. The third kappa shape index (κ3) is 1.78. The van der Waals surface area contributed by atoms with Gasteiger partial charge >= 0.3 is 0 Å². The summed E-state index contributed by atoms with van der Waals surface area (Å²) >= 11 is 0. The van der Waals surface area contributed by atoms with E-state index < -0.39 is 0 Å². The Balaban J connectivity index is 2.01. The number of pyridine rings is 1. The zero-order valence-electron chi connectivity index (χ0n) is 10.3. The van der Waals surface area contributed by atoms with Crippen molar-refractivity contribution in [2.24, 2.45) is 0 Å². The fraction of sp³-hybridized carbons (Fsp3) is 0.462. The Labute approximate surface area is 101 Å². The molecular formula is C13H17N3O. The minimum absolute atomic E-state index is 0.473. The first kappa shape index (κ1) is 10.6. The van der Waals surface area contributed by atoms with Gasteiger partial charge in [0.1, 0.15) is 11.4 Å². The van der Waals surface area contributed by atoms with Gasteiger partial charge in [-0.25, -0.2) is 4.98 Å². The van der Waals surface area contributed by atoms with Gasteiger partial charge in [0.2, 0.25) is 0 Å². The molecule has 3 heterocycles. The average Bonchev–Trinajstić information content (AvgIpc) is 2.93. The maximum Gasteiger partial charge on any atom is 0.137 e. The quantitative estimate of drug-likeness (QED) is 0.793. The van der Waals surface area contributed by atoms with Crippen LogP contribution in [0.1, 0.15) is 24.6 Å². The second-order valence-electron chi connectivity index (χ2n) is 4.64. The van der Waals surface area contributed by atoms with E-state index in [0.29, 0.717) is 6.04 Å². The number of nitrogens with zero attached hydrogens (tertiary/aromatic N) is 3. The molecule has 0 aliphatic carbocycles. The van der Waals surface area contributed by atoms with E-state index in [2.05, 4.69) is 23.1 Å². The lowest BCUT2D eigenvalue weighted by molar-refractivity contribution is 0.313. The highest BCUT2D eigenvalue weighted by atomic mass is 16.5. The van der Waals surface area contributed by atoms with Crippen molar-refractivity contribution < 1.29 is 4.74 Å². The Bertz CT molecular complexity index is 534. The Morgan fingerprint density at radius 3 is 2.94 bits per heavy atom. The first-order chi connectivity index (χ1) is 8.28. The first-order valence-electron chi connectivity index (χ1n) is 6.01. The summed E-state index contributed by atoms with van der Waals surface area (Å²) in [5, 5.41) is 0. The number of likely N-dealkylation sites (tertiary alicyclic amines) is 1. The molecule has 1 atom stereocenters. The number of rotatable bonds is 2. The van der Waals surface area contributed by atoms with Crippen molar-refractivity contribution in [3.63, 3.8) is 0 Å². The normalized spacial score (nSPS) is 21.2. The Kier molecular flexibility index (Phi) is 2.52. The van der Waals surface area contributed by atoms with E-state index in [1.54, 1.807) is 7.11 Å². The van der Waals surface area contributed by atoms with Crippen LogP contribution < -0.4 is 4.74 Å². The molecule has 1 aliphatic rings. The molecule has 0 saturated carbocycles. The Morgan fingerprint density at radius 1 is 1.35 bits per heavy atom. The number of hydrogen-bond donors (Lipinski definition) is 0. The van der Waals surface area contributed by atoms with E-state index in [-0.39, 0.29) is 0 Å². The van der Waals surface area contributed by atoms with Gasteiger partial charge in [0, 0.05) is 6.20 Å². The van der Waals surface area contributed by atoms with Crippen molar-refractivity contribution in [1.29, 1.82) is 0 Å². The molecule has 1 unspecified atom stereocenters. The SMILES string of the molecule is COc1ccc2nc(C3CCCN3C)cn2c1. The maximum absolute atomic E-state index is 5.22. The minimum Gasteiger partial charge on any atom is -0.495 e. The molecule has 1 aliphatic heterocycles. The van der Waals surface area contributed by atoms with Crippen LogP contribution in [0.5, 0.6) is 5.75 Å². The lowest BCUT2D eigenvalue weighted by Crippen LogP contribution is -2.17. The molecule has 3 rings (SSSR count). The van der Waals surface area contributed by atoms with E-state index in [4.69, 9.17) is 4.74 Å². The third-order valence-electron chi connectivity index (χ3n) is 3.54. The third-order valence-corrected chi connectivity index (χ3v) is 3.54. The molecule has 1 fully saturated rings. The first-order valence-corrected chi connectivity index (χ1v) is 6.01. The lowest BCUT2D eigenvalue weighted by atomic mass is 10.2. The fourth-order valence-corrected chi connectivity index (χ4v) is 2.56. The van der Waals surface area contributed by atoms with Crippen LogP contribution in [0.2, 0.25) is 0 Å². The van der Waals surface area contributed by atoms with Crippen LogP contribution in [0.3, 0.4) is 0 Å². The Morgan fingerprint density at radius 2 is 2.24 bits per heavy atom. The van der Waals surface area contributed by atoms with E-state index in [0.717, 1.165) is 11.4 Å². The monoisotopic (exact) mass is 231 g/mol. The van der Waals surface area contributed by atoms with Gasteiger partial charge in [-0.15, -0.1) is 0 Å². The van der Waals surface area contributed by atoms with Gasteiger partial charge in [0.25, 0.3) is 0 Å². The van der Waals surface area contributed by atoms with Crippen molar-refractivity contribution in [3.8, 4) is 5.75 Å². The van der Waals surface area contributed by atoms with Crippen LogP contribution in [0.25, 0.3) is 5.65 Å². The molecule has 0 N–H and O–H groups in total. The van der Waals surface area contributed by atoms with Gasteiger partial charge < -0.3 is 9.14 Å². The van der Waals surface area contributed by atoms with Crippen molar-refractivity contribution in [2.75, 3.05) is 20.7 Å². The minimum atomic E-state index is 0.473. The highest BCUT2D eigenvalue weighted by molar-refractivity contribution is 5.43. The van der Waals surface area contributed by atoms with Gasteiger partial charge in [-0.1, -0.05) is 0 Å². The second-order valence-corrected chi connectivity index (χ2v) is 4.64. The lowest BCUT2D eigenvalue weighted by Gasteiger charge is -2.16. The molecular weight excluding hydrogens is 214 g/mol. The molecule has 1 saturated heterocycles. The van der Waals surface area contributed by atoms with Crippen molar-refractivity contribution in [1.82, 2.24) is 14.3 Å². The van der Waals surface area contributed by atoms with Crippen LogP contribution in [0.4, 0.5) is 0 Å². The summed E-state index contributed by atoms with van der Waals surface area (Å²) in [5.74, 6) is 0.862. The summed E-state index contributed by atoms with van der Waals surface area (Å²) in [6.45, 7) is 1.17. The second kappa shape index (κ2) is 4.04. The standard InChI is InChI=1S/C13H17N3O/c1-15-7-3-4-12(15)11-9-16-8-10(17-2)5-6-13(16)14-11/h5-6,8-9,12H,3-4,7H2,1-2H3. The fourth-order valence-electron chi connectivity index (χ4n) is 2.56. The zero-order chi connectivity index (χ0) is 11.8. The Hall–Kier alpha value is -1.55. The van der Waals surface area contributed by atoms with Crippen LogP contribution >= 0.6 is 0 Å². The topological polar surface area (TPSA) is 29.8 Å². The molecule has 0 amide bonds. The molecule has 0 radical (unpaired) electrons. The number of imidazole rings is 1. The molecule has 17 heavy (non-hydrogen) atoms.